The number of ether oxygens (including phenoxy) is 1. The van der Waals surface area contributed by atoms with Crippen molar-refractivity contribution in [2.75, 3.05) is 0 Å². The molecule has 0 atom stereocenters. The van der Waals surface area contributed by atoms with Crippen LogP contribution in [0.2, 0.25) is 0 Å². The normalized spacial score (nSPS) is 10.1. The summed E-state index contributed by atoms with van der Waals surface area (Å²) in [6, 6.07) is 9.69. The van der Waals surface area contributed by atoms with Gasteiger partial charge in [-0.25, -0.2) is 0 Å². The van der Waals surface area contributed by atoms with Crippen LogP contribution in [0.1, 0.15) is 12.5 Å². The molecule has 0 fully saturated rings. The first-order valence-corrected chi connectivity index (χ1v) is 4.28. The van der Waals surface area contributed by atoms with Crippen LogP contribution in [0.4, 0.5) is 0 Å². The fourth-order valence-corrected chi connectivity index (χ4v) is 0.960. The Morgan fingerprint density at radius 3 is 2.57 bits per heavy atom. The zero-order chi connectivity index (χ0) is 10.4. The van der Waals surface area contributed by atoms with E-state index in [1.165, 1.54) is 13.2 Å². The maximum absolute atomic E-state index is 10.5. The van der Waals surface area contributed by atoms with Gasteiger partial charge in [0.15, 0.2) is 0 Å². The zero-order valence-corrected chi connectivity index (χ0v) is 8.07. The van der Waals surface area contributed by atoms with Crippen LogP contribution in [0.3, 0.4) is 0 Å². The molecule has 0 aliphatic heterocycles. The SMILES string of the molecule is C=C(/C=C/OC(C)=O)c1ccccc1. The van der Waals surface area contributed by atoms with Crippen LogP contribution in [0, 0.1) is 0 Å². The van der Waals surface area contributed by atoms with E-state index in [0.717, 1.165) is 11.1 Å². The average Bonchev–Trinajstić information content (AvgIpc) is 2.18. The Bertz CT molecular complexity index is 350. The van der Waals surface area contributed by atoms with Crippen LogP contribution in [0.25, 0.3) is 5.57 Å². The van der Waals surface area contributed by atoms with Gasteiger partial charge in [0.2, 0.25) is 0 Å². The Morgan fingerprint density at radius 1 is 1.36 bits per heavy atom. The van der Waals surface area contributed by atoms with E-state index in [2.05, 4.69) is 11.3 Å². The highest BCUT2D eigenvalue weighted by Crippen LogP contribution is 2.12. The maximum Gasteiger partial charge on any atom is 0.307 e. The van der Waals surface area contributed by atoms with Crippen LogP contribution in [-0.2, 0) is 9.53 Å². The number of esters is 1. The number of hydrogen-bond acceptors (Lipinski definition) is 2. The molecule has 2 nitrogen and oxygen atoms in total. The fourth-order valence-electron chi connectivity index (χ4n) is 0.960. The first-order chi connectivity index (χ1) is 6.70. The van der Waals surface area contributed by atoms with Crippen molar-refractivity contribution < 1.29 is 9.53 Å². The minimum Gasteiger partial charge on any atom is -0.435 e. The molecule has 2 heteroatoms. The van der Waals surface area contributed by atoms with E-state index >= 15 is 0 Å². The Morgan fingerprint density at radius 2 is 2.00 bits per heavy atom. The van der Waals surface area contributed by atoms with Crippen LogP contribution in [0.15, 0.2) is 49.2 Å². The molecule has 14 heavy (non-hydrogen) atoms. The molecule has 1 aromatic rings. The highest BCUT2D eigenvalue weighted by molar-refractivity contribution is 5.72. The van der Waals surface area contributed by atoms with E-state index in [0.29, 0.717) is 0 Å². The van der Waals surface area contributed by atoms with Gasteiger partial charge in [0.05, 0.1) is 6.26 Å². The molecule has 0 bridgehead atoms. The van der Waals surface area contributed by atoms with E-state index in [4.69, 9.17) is 0 Å². The smallest absolute Gasteiger partial charge is 0.307 e. The monoisotopic (exact) mass is 188 g/mol. The Labute approximate surface area is 83.5 Å². The molecular formula is C12H12O2. The predicted molar refractivity (Wildman–Crippen MR) is 56.4 cm³/mol. The fraction of sp³-hybridized carbons (Fsp3) is 0.0833. The van der Waals surface area contributed by atoms with Gasteiger partial charge < -0.3 is 4.74 Å². The summed E-state index contributed by atoms with van der Waals surface area (Å²) < 4.78 is 4.65. The molecular weight excluding hydrogens is 176 g/mol. The van der Waals surface area contributed by atoms with Gasteiger partial charge in [-0.15, -0.1) is 0 Å². The third-order valence-electron chi connectivity index (χ3n) is 1.65. The summed E-state index contributed by atoms with van der Waals surface area (Å²) in [4.78, 5) is 10.5. The van der Waals surface area contributed by atoms with Crippen molar-refractivity contribution in [3.8, 4) is 0 Å². The third kappa shape index (κ3) is 3.27. The van der Waals surface area contributed by atoms with Gasteiger partial charge in [0, 0.05) is 6.92 Å². The van der Waals surface area contributed by atoms with Crippen molar-refractivity contribution in [2.45, 2.75) is 6.92 Å². The van der Waals surface area contributed by atoms with Crippen LogP contribution in [0.5, 0.6) is 0 Å². The lowest BCUT2D eigenvalue weighted by molar-refractivity contribution is -0.135. The van der Waals surface area contributed by atoms with Crippen molar-refractivity contribution in [3.05, 3.63) is 54.8 Å². The Kier molecular flexibility index (Phi) is 3.68. The summed E-state index contributed by atoms with van der Waals surface area (Å²) in [5.74, 6) is -0.331. The molecule has 72 valence electrons. The van der Waals surface area contributed by atoms with Gasteiger partial charge in [-0.1, -0.05) is 36.9 Å². The number of allylic oxidation sites excluding steroid dienone is 2. The van der Waals surface area contributed by atoms with Crippen molar-refractivity contribution in [2.24, 2.45) is 0 Å². The molecule has 0 N–H and O–H groups in total. The second-order valence-corrected chi connectivity index (χ2v) is 2.80. The lowest BCUT2D eigenvalue weighted by Gasteiger charge is -1.98. The van der Waals surface area contributed by atoms with Crippen LogP contribution in [-0.4, -0.2) is 5.97 Å². The van der Waals surface area contributed by atoms with Gasteiger partial charge in [0.25, 0.3) is 0 Å². The third-order valence-corrected chi connectivity index (χ3v) is 1.65. The summed E-state index contributed by atoms with van der Waals surface area (Å²) >= 11 is 0. The van der Waals surface area contributed by atoms with Crippen molar-refractivity contribution in [3.63, 3.8) is 0 Å². The summed E-state index contributed by atoms with van der Waals surface area (Å²) in [5, 5.41) is 0. The molecule has 0 aromatic heterocycles. The predicted octanol–water partition coefficient (Wildman–Crippen LogP) is 2.78. The molecule has 0 amide bonds. The second kappa shape index (κ2) is 5.02. The zero-order valence-electron chi connectivity index (χ0n) is 8.07. The highest BCUT2D eigenvalue weighted by Gasteiger charge is 1.92. The van der Waals surface area contributed by atoms with Crippen LogP contribution >= 0.6 is 0 Å². The van der Waals surface area contributed by atoms with Crippen LogP contribution < -0.4 is 0 Å². The van der Waals surface area contributed by atoms with Crippen molar-refractivity contribution >= 4 is 11.5 Å². The number of carbonyl (C=O) groups excluding carboxylic acids is 1. The highest BCUT2D eigenvalue weighted by atomic mass is 16.5. The molecule has 0 saturated carbocycles. The van der Waals surface area contributed by atoms with Gasteiger partial charge in [-0.05, 0) is 17.2 Å². The molecule has 1 rings (SSSR count). The molecule has 0 radical (unpaired) electrons. The minimum atomic E-state index is -0.331. The molecule has 0 heterocycles. The largest absolute Gasteiger partial charge is 0.435 e. The minimum absolute atomic E-state index is 0.331. The summed E-state index contributed by atoms with van der Waals surface area (Å²) in [7, 11) is 0. The topological polar surface area (TPSA) is 26.3 Å². The van der Waals surface area contributed by atoms with E-state index in [1.54, 1.807) is 6.08 Å². The summed E-state index contributed by atoms with van der Waals surface area (Å²) in [5.41, 5.74) is 1.82. The van der Waals surface area contributed by atoms with E-state index in [9.17, 15) is 4.79 Å². The average molecular weight is 188 g/mol. The first kappa shape index (κ1) is 10.3. The number of rotatable bonds is 3. The number of carbonyl (C=O) groups is 1. The lowest BCUT2D eigenvalue weighted by atomic mass is 10.1. The molecule has 1 aromatic carbocycles. The Balaban J connectivity index is 2.59. The van der Waals surface area contributed by atoms with Gasteiger partial charge in [-0.3, -0.25) is 4.79 Å². The summed E-state index contributed by atoms with van der Waals surface area (Å²) in [6.07, 6.45) is 3.01. The van der Waals surface area contributed by atoms with E-state index in [-0.39, 0.29) is 5.97 Å². The number of hydrogen-bond donors (Lipinski definition) is 0. The molecule has 0 spiro atoms. The Hall–Kier alpha value is -1.83. The quantitative estimate of drug-likeness (QED) is 0.414. The molecule has 0 unspecified atom stereocenters. The van der Waals surface area contributed by atoms with Gasteiger partial charge in [0.1, 0.15) is 0 Å². The van der Waals surface area contributed by atoms with Crippen molar-refractivity contribution in [1.82, 2.24) is 0 Å². The molecule has 0 aliphatic rings. The molecule has 0 saturated heterocycles. The second-order valence-electron chi connectivity index (χ2n) is 2.80. The van der Waals surface area contributed by atoms with Crippen molar-refractivity contribution in [1.29, 1.82) is 0 Å². The van der Waals surface area contributed by atoms with Gasteiger partial charge >= 0.3 is 5.97 Å². The van der Waals surface area contributed by atoms with E-state index in [1.807, 2.05) is 30.3 Å². The maximum atomic E-state index is 10.5. The standard InChI is InChI=1S/C12H12O2/c1-10(8-9-14-11(2)13)12-6-4-3-5-7-12/h3-9H,1H2,2H3/b9-8+. The van der Waals surface area contributed by atoms with Gasteiger partial charge in [-0.2, -0.15) is 0 Å². The summed E-state index contributed by atoms with van der Waals surface area (Å²) in [6.45, 7) is 5.20. The number of benzene rings is 1. The lowest BCUT2D eigenvalue weighted by Crippen LogP contribution is -1.89. The van der Waals surface area contributed by atoms with E-state index < -0.39 is 0 Å². The first-order valence-electron chi connectivity index (χ1n) is 4.28. The molecule has 0 aliphatic carbocycles.